The first kappa shape index (κ1) is 9.97. The van der Waals surface area contributed by atoms with Gasteiger partial charge in [0, 0.05) is 10.6 Å². The van der Waals surface area contributed by atoms with Crippen LogP contribution in [0.1, 0.15) is 0 Å². The minimum absolute atomic E-state index is 0.186. The number of carbonyl (C=O) groups is 1. The third-order valence-corrected chi connectivity index (χ3v) is 2.52. The molecule has 0 spiro atoms. The summed E-state index contributed by atoms with van der Waals surface area (Å²) in [6, 6.07) is 0. The molecule has 14 heavy (non-hydrogen) atoms. The normalized spacial score (nSPS) is 20.8. The van der Waals surface area contributed by atoms with Crippen LogP contribution in [-0.2, 0) is 4.79 Å². The fourth-order valence-corrected chi connectivity index (χ4v) is 1.84. The SMILES string of the molecule is O=C(Cl)C1=NC2=CC(Cl)=C[C](Cl)C2=C1. The maximum Gasteiger partial charge on any atom is 0.270 e. The molecule has 2 rings (SSSR count). The van der Waals surface area contributed by atoms with Gasteiger partial charge in [-0.1, -0.05) is 11.6 Å². The Balaban J connectivity index is 2.43. The van der Waals surface area contributed by atoms with Crippen LogP contribution >= 0.6 is 34.8 Å². The molecule has 0 saturated carbocycles. The van der Waals surface area contributed by atoms with E-state index in [1.165, 1.54) is 0 Å². The Morgan fingerprint density at radius 2 is 1.93 bits per heavy atom. The van der Waals surface area contributed by atoms with Crippen molar-refractivity contribution in [3.8, 4) is 0 Å². The molecule has 2 aliphatic rings. The van der Waals surface area contributed by atoms with Gasteiger partial charge in [0.25, 0.3) is 5.24 Å². The number of rotatable bonds is 1. The Morgan fingerprint density at radius 3 is 2.57 bits per heavy atom. The van der Waals surface area contributed by atoms with Gasteiger partial charge < -0.3 is 0 Å². The molecule has 1 radical (unpaired) electrons. The van der Waals surface area contributed by atoms with E-state index in [1.54, 1.807) is 18.2 Å². The number of nitrogens with zero attached hydrogens (tertiary/aromatic N) is 1. The second-order valence-corrected chi connectivity index (χ2v) is 3.92. The zero-order valence-electron chi connectivity index (χ0n) is 6.72. The van der Waals surface area contributed by atoms with Crippen molar-refractivity contribution in [1.29, 1.82) is 0 Å². The van der Waals surface area contributed by atoms with Crippen molar-refractivity contribution in [2.75, 3.05) is 0 Å². The average Bonchev–Trinajstić information content (AvgIpc) is 2.47. The largest absolute Gasteiger partial charge is 0.274 e. The van der Waals surface area contributed by atoms with Crippen LogP contribution in [0.5, 0.6) is 0 Å². The number of carbonyl (C=O) groups excluding carboxylic acids is 1. The highest BCUT2D eigenvalue weighted by Crippen LogP contribution is 2.37. The van der Waals surface area contributed by atoms with Gasteiger partial charge in [-0.2, -0.15) is 0 Å². The maximum atomic E-state index is 10.8. The van der Waals surface area contributed by atoms with E-state index in [-0.39, 0.29) is 5.71 Å². The van der Waals surface area contributed by atoms with Crippen molar-refractivity contribution < 1.29 is 4.79 Å². The quantitative estimate of drug-likeness (QED) is 0.655. The van der Waals surface area contributed by atoms with Gasteiger partial charge in [-0.3, -0.25) is 4.79 Å². The Hall–Kier alpha value is -0.570. The lowest BCUT2D eigenvalue weighted by Gasteiger charge is -2.10. The molecule has 0 aromatic rings. The van der Waals surface area contributed by atoms with Crippen LogP contribution < -0.4 is 0 Å². The van der Waals surface area contributed by atoms with Gasteiger partial charge in [0.2, 0.25) is 0 Å². The van der Waals surface area contributed by atoms with E-state index >= 15 is 0 Å². The van der Waals surface area contributed by atoms with E-state index in [0.717, 1.165) is 0 Å². The molecule has 0 aromatic carbocycles. The van der Waals surface area contributed by atoms with E-state index in [2.05, 4.69) is 4.99 Å². The van der Waals surface area contributed by atoms with E-state index in [1.807, 2.05) is 0 Å². The number of allylic oxidation sites excluding steroid dienone is 5. The second-order valence-electron chi connectivity index (χ2n) is 2.74. The highest BCUT2D eigenvalue weighted by molar-refractivity contribution is 6.83. The van der Waals surface area contributed by atoms with E-state index in [4.69, 9.17) is 34.8 Å². The van der Waals surface area contributed by atoms with Gasteiger partial charge in [0.05, 0.1) is 5.70 Å². The zero-order chi connectivity index (χ0) is 10.3. The van der Waals surface area contributed by atoms with Crippen LogP contribution in [0.4, 0.5) is 0 Å². The molecule has 5 heteroatoms. The number of hydrogen-bond donors (Lipinski definition) is 0. The minimum Gasteiger partial charge on any atom is -0.274 e. The summed E-state index contributed by atoms with van der Waals surface area (Å²) in [5.74, 6) is 0. The molecule has 2 nitrogen and oxygen atoms in total. The predicted octanol–water partition coefficient (Wildman–Crippen LogP) is 2.92. The monoisotopic (exact) mass is 246 g/mol. The molecule has 0 unspecified atom stereocenters. The van der Waals surface area contributed by atoms with Gasteiger partial charge in [-0.05, 0) is 29.8 Å². The lowest BCUT2D eigenvalue weighted by Crippen LogP contribution is -2.00. The minimum atomic E-state index is -0.603. The summed E-state index contributed by atoms with van der Waals surface area (Å²) < 4.78 is 0. The molecule has 1 aliphatic carbocycles. The highest BCUT2D eigenvalue weighted by atomic mass is 35.5. The second kappa shape index (κ2) is 3.54. The summed E-state index contributed by atoms with van der Waals surface area (Å²) in [5, 5.41) is 0.340. The third-order valence-electron chi connectivity index (χ3n) is 1.80. The molecule has 0 N–H and O–H groups in total. The van der Waals surface area contributed by atoms with Crippen LogP contribution in [0, 0.1) is 5.38 Å². The van der Waals surface area contributed by atoms with Crippen molar-refractivity contribution in [3.63, 3.8) is 0 Å². The molecule has 71 valence electrons. The molecule has 0 aromatic heterocycles. The fraction of sp³-hybridized carbons (Fsp3) is 0. The summed E-state index contributed by atoms with van der Waals surface area (Å²) in [5.41, 5.74) is 1.44. The van der Waals surface area contributed by atoms with Gasteiger partial charge >= 0.3 is 0 Å². The van der Waals surface area contributed by atoms with Crippen molar-refractivity contribution in [2.24, 2.45) is 4.99 Å². The lowest BCUT2D eigenvalue weighted by atomic mass is 10.0. The van der Waals surface area contributed by atoms with Crippen LogP contribution in [0.25, 0.3) is 0 Å². The molecule has 1 heterocycles. The first-order chi connectivity index (χ1) is 6.58. The molecule has 0 atom stereocenters. The number of fused-ring (bicyclic) bond motifs is 1. The van der Waals surface area contributed by atoms with Crippen molar-refractivity contribution in [1.82, 2.24) is 0 Å². The van der Waals surface area contributed by atoms with E-state index in [0.29, 0.717) is 21.7 Å². The molecular formula is C9H3Cl3NO. The lowest BCUT2D eigenvalue weighted by molar-refractivity contribution is -0.106. The number of hydrogen-bond acceptors (Lipinski definition) is 2. The molecular weight excluding hydrogens is 244 g/mol. The summed E-state index contributed by atoms with van der Waals surface area (Å²) in [7, 11) is 0. The average molecular weight is 247 g/mol. The van der Waals surface area contributed by atoms with Crippen LogP contribution in [0.15, 0.2) is 39.5 Å². The Morgan fingerprint density at radius 1 is 1.21 bits per heavy atom. The third kappa shape index (κ3) is 1.65. The summed E-state index contributed by atoms with van der Waals surface area (Å²) in [6.07, 6.45) is 4.77. The van der Waals surface area contributed by atoms with Crippen LogP contribution in [-0.4, -0.2) is 11.0 Å². The van der Waals surface area contributed by atoms with Gasteiger partial charge in [0.15, 0.2) is 0 Å². The Bertz CT molecular complexity index is 431. The van der Waals surface area contributed by atoms with Crippen molar-refractivity contribution in [2.45, 2.75) is 0 Å². The topological polar surface area (TPSA) is 29.4 Å². The molecule has 0 amide bonds. The molecule has 0 bridgehead atoms. The smallest absolute Gasteiger partial charge is 0.270 e. The highest BCUT2D eigenvalue weighted by Gasteiger charge is 2.26. The molecule has 0 fully saturated rings. The first-order valence-corrected chi connectivity index (χ1v) is 4.83. The summed E-state index contributed by atoms with van der Waals surface area (Å²) in [4.78, 5) is 14.8. The number of aliphatic imine (C=N–C) groups is 1. The van der Waals surface area contributed by atoms with E-state index < -0.39 is 5.24 Å². The van der Waals surface area contributed by atoms with Crippen molar-refractivity contribution in [3.05, 3.63) is 39.9 Å². The standard InChI is InChI=1S/C9H3Cl3NO/c10-4-1-6(11)5-3-8(9(12)14)13-7(5)2-4/h1-3H. The van der Waals surface area contributed by atoms with Crippen LogP contribution in [0.3, 0.4) is 0 Å². The molecule has 0 saturated heterocycles. The fourth-order valence-electron chi connectivity index (χ4n) is 1.21. The summed E-state index contributed by atoms with van der Waals surface area (Å²) in [6.45, 7) is 0. The summed E-state index contributed by atoms with van der Waals surface area (Å²) >= 11 is 17.0. The Labute approximate surface area is 95.5 Å². The van der Waals surface area contributed by atoms with Gasteiger partial charge in [0.1, 0.15) is 11.1 Å². The van der Waals surface area contributed by atoms with Crippen molar-refractivity contribution >= 4 is 45.8 Å². The number of halogens is 3. The Kier molecular flexibility index (Phi) is 2.52. The first-order valence-electron chi connectivity index (χ1n) is 3.70. The van der Waals surface area contributed by atoms with Gasteiger partial charge in [-0.25, -0.2) is 4.99 Å². The maximum absolute atomic E-state index is 10.8. The zero-order valence-corrected chi connectivity index (χ0v) is 8.99. The van der Waals surface area contributed by atoms with Gasteiger partial charge in [-0.15, -0.1) is 11.6 Å². The predicted molar refractivity (Wildman–Crippen MR) is 57.5 cm³/mol. The van der Waals surface area contributed by atoms with E-state index in [9.17, 15) is 4.79 Å². The van der Waals surface area contributed by atoms with Crippen LogP contribution in [0.2, 0.25) is 0 Å². The molecule has 1 aliphatic heterocycles.